The van der Waals surface area contributed by atoms with E-state index in [2.05, 4.69) is 4.98 Å². The van der Waals surface area contributed by atoms with E-state index in [1.54, 1.807) is 6.20 Å². The van der Waals surface area contributed by atoms with Crippen molar-refractivity contribution in [2.75, 3.05) is 0 Å². The molecule has 1 unspecified atom stereocenters. The van der Waals surface area contributed by atoms with Gasteiger partial charge in [0.15, 0.2) is 0 Å². The van der Waals surface area contributed by atoms with Gasteiger partial charge in [-0.15, -0.1) is 0 Å². The molecule has 1 fully saturated rings. The largest absolute Gasteiger partial charge is 0.388 e. The summed E-state index contributed by atoms with van der Waals surface area (Å²) in [4.78, 5) is 4.04. The lowest BCUT2D eigenvalue weighted by Crippen LogP contribution is -2.10. The minimum absolute atomic E-state index is 0.364. The molecule has 1 heterocycles. The molecular weight excluding hydrogens is 234 g/mol. The summed E-state index contributed by atoms with van der Waals surface area (Å²) in [6.45, 7) is 5.97. The number of aryl methyl sites for hydroxylation is 1. The molecule has 0 bridgehead atoms. The molecule has 0 amide bonds. The van der Waals surface area contributed by atoms with Gasteiger partial charge in [-0.1, -0.05) is 38.3 Å². The monoisotopic (exact) mass is 255 g/mol. The normalized spacial score (nSPS) is 17.5. The summed E-state index contributed by atoms with van der Waals surface area (Å²) in [6, 6.07) is 1.81. The third-order valence-electron chi connectivity index (χ3n) is 3.28. The van der Waals surface area contributed by atoms with Crippen LogP contribution in [0, 0.1) is 12.8 Å². The Bertz CT molecular complexity index is 348. The molecule has 1 N–H and O–H groups in total. The maximum atomic E-state index is 10.2. The number of nitrogens with zero attached hydrogens (tertiary/aromatic N) is 1. The van der Waals surface area contributed by atoms with E-state index in [-0.39, 0.29) is 6.10 Å². The van der Waals surface area contributed by atoms with Crippen molar-refractivity contribution in [1.29, 1.82) is 0 Å². The van der Waals surface area contributed by atoms with Crippen LogP contribution in [0.2, 0.25) is 5.15 Å². The first-order valence-electron chi connectivity index (χ1n) is 6.48. The lowest BCUT2D eigenvalue weighted by atomic mass is 9.93. The molecule has 1 aliphatic rings. The smallest absolute Gasteiger partial charge is 0.129 e. The van der Waals surface area contributed by atoms with Crippen LogP contribution in [0.1, 0.15) is 56.8 Å². The molecule has 3 heteroatoms. The highest BCUT2D eigenvalue weighted by molar-refractivity contribution is 6.29. The van der Waals surface area contributed by atoms with Crippen LogP contribution in [0.3, 0.4) is 0 Å². The van der Waals surface area contributed by atoms with Crippen LogP contribution < -0.4 is 0 Å². The molecular formula is C14H22ClNO. The van der Waals surface area contributed by atoms with Crippen LogP contribution in [0.25, 0.3) is 0 Å². The van der Waals surface area contributed by atoms with Gasteiger partial charge < -0.3 is 5.11 Å². The Morgan fingerprint density at radius 3 is 2.47 bits per heavy atom. The maximum absolute atomic E-state index is 10.2. The number of aliphatic hydroxyl groups is 1. The number of halogens is 1. The van der Waals surface area contributed by atoms with Crippen LogP contribution in [-0.4, -0.2) is 10.1 Å². The first-order chi connectivity index (χ1) is 8.18. The molecule has 2 rings (SSSR count). The fraction of sp³-hybridized carbons (Fsp3) is 0.643. The van der Waals surface area contributed by atoms with Crippen LogP contribution >= 0.6 is 11.6 Å². The van der Waals surface area contributed by atoms with Gasteiger partial charge in [0.1, 0.15) is 5.15 Å². The molecule has 0 aromatic carbocycles. The van der Waals surface area contributed by atoms with Gasteiger partial charge in [-0.25, -0.2) is 4.98 Å². The van der Waals surface area contributed by atoms with Gasteiger partial charge in [0.2, 0.25) is 0 Å². The SMILES string of the molecule is CC.Cc1cc(Cl)ncc1C(O)C1CCCC1. The highest BCUT2D eigenvalue weighted by atomic mass is 35.5. The minimum atomic E-state index is -0.364. The average molecular weight is 256 g/mol. The number of aromatic nitrogens is 1. The van der Waals surface area contributed by atoms with E-state index in [4.69, 9.17) is 11.6 Å². The fourth-order valence-corrected chi connectivity index (χ4v) is 2.58. The number of hydrogen-bond acceptors (Lipinski definition) is 2. The van der Waals surface area contributed by atoms with E-state index in [1.165, 1.54) is 12.8 Å². The summed E-state index contributed by atoms with van der Waals surface area (Å²) in [6.07, 6.45) is 6.08. The van der Waals surface area contributed by atoms with Crippen molar-refractivity contribution < 1.29 is 5.11 Å². The number of pyridine rings is 1. The van der Waals surface area contributed by atoms with E-state index in [0.717, 1.165) is 24.0 Å². The van der Waals surface area contributed by atoms with E-state index in [1.807, 2.05) is 26.8 Å². The molecule has 17 heavy (non-hydrogen) atoms. The zero-order valence-corrected chi connectivity index (χ0v) is 11.7. The zero-order chi connectivity index (χ0) is 12.8. The summed E-state index contributed by atoms with van der Waals surface area (Å²) in [5.41, 5.74) is 1.97. The molecule has 1 atom stereocenters. The molecule has 1 aromatic heterocycles. The summed E-state index contributed by atoms with van der Waals surface area (Å²) >= 11 is 5.79. The first-order valence-corrected chi connectivity index (χ1v) is 6.86. The molecule has 0 saturated heterocycles. The Morgan fingerprint density at radius 1 is 1.35 bits per heavy atom. The summed E-state index contributed by atoms with van der Waals surface area (Å²) < 4.78 is 0. The van der Waals surface area contributed by atoms with E-state index in [9.17, 15) is 5.11 Å². The minimum Gasteiger partial charge on any atom is -0.388 e. The third kappa shape index (κ3) is 3.68. The molecule has 2 nitrogen and oxygen atoms in total. The molecule has 0 radical (unpaired) electrons. The molecule has 0 spiro atoms. The highest BCUT2D eigenvalue weighted by Crippen LogP contribution is 2.36. The lowest BCUT2D eigenvalue weighted by Gasteiger charge is -2.19. The van der Waals surface area contributed by atoms with Crippen LogP contribution in [0.15, 0.2) is 12.3 Å². The summed E-state index contributed by atoms with van der Waals surface area (Å²) in [5, 5.41) is 10.7. The van der Waals surface area contributed by atoms with Gasteiger partial charge in [0.05, 0.1) is 6.10 Å². The number of rotatable bonds is 2. The molecule has 1 saturated carbocycles. The predicted octanol–water partition coefficient (Wildman–Crippen LogP) is 4.29. The highest BCUT2D eigenvalue weighted by Gasteiger charge is 2.25. The number of aliphatic hydroxyl groups excluding tert-OH is 1. The predicted molar refractivity (Wildman–Crippen MR) is 72.2 cm³/mol. The standard InChI is InChI=1S/C12H16ClNO.C2H6/c1-8-6-11(13)14-7-10(8)12(15)9-4-2-3-5-9;1-2/h6-7,9,12,15H,2-5H2,1H3;1-2H3. The lowest BCUT2D eigenvalue weighted by molar-refractivity contribution is 0.110. The Labute approximate surface area is 109 Å². The van der Waals surface area contributed by atoms with Gasteiger partial charge in [0.25, 0.3) is 0 Å². The van der Waals surface area contributed by atoms with Crippen molar-refractivity contribution in [3.05, 3.63) is 28.5 Å². The fourth-order valence-electron chi connectivity index (χ4n) is 2.37. The van der Waals surface area contributed by atoms with Crippen LogP contribution in [0.4, 0.5) is 0 Å². The van der Waals surface area contributed by atoms with Crippen molar-refractivity contribution in [1.82, 2.24) is 4.98 Å². The zero-order valence-electron chi connectivity index (χ0n) is 10.9. The van der Waals surface area contributed by atoms with Gasteiger partial charge in [-0.3, -0.25) is 0 Å². The van der Waals surface area contributed by atoms with E-state index >= 15 is 0 Å². The van der Waals surface area contributed by atoms with Gasteiger partial charge in [-0.05, 0) is 37.3 Å². The Kier molecular flexibility index (Phi) is 5.93. The second-order valence-electron chi connectivity index (χ2n) is 4.35. The summed E-state index contributed by atoms with van der Waals surface area (Å²) in [7, 11) is 0. The topological polar surface area (TPSA) is 33.1 Å². The molecule has 96 valence electrons. The molecule has 1 aromatic rings. The van der Waals surface area contributed by atoms with Crippen LogP contribution in [-0.2, 0) is 0 Å². The first kappa shape index (κ1) is 14.5. The van der Waals surface area contributed by atoms with Crippen molar-refractivity contribution in [2.24, 2.45) is 5.92 Å². The maximum Gasteiger partial charge on any atom is 0.129 e. The summed E-state index contributed by atoms with van der Waals surface area (Å²) in [5.74, 6) is 0.409. The Morgan fingerprint density at radius 2 is 1.94 bits per heavy atom. The molecule has 0 aliphatic heterocycles. The number of hydrogen-bond donors (Lipinski definition) is 1. The third-order valence-corrected chi connectivity index (χ3v) is 3.49. The van der Waals surface area contributed by atoms with Crippen molar-refractivity contribution in [3.8, 4) is 0 Å². The van der Waals surface area contributed by atoms with Gasteiger partial charge >= 0.3 is 0 Å². The van der Waals surface area contributed by atoms with Gasteiger partial charge in [-0.2, -0.15) is 0 Å². The quantitative estimate of drug-likeness (QED) is 0.800. The van der Waals surface area contributed by atoms with E-state index < -0.39 is 0 Å². The van der Waals surface area contributed by atoms with Crippen molar-refractivity contribution in [2.45, 2.75) is 52.6 Å². The second-order valence-corrected chi connectivity index (χ2v) is 4.74. The van der Waals surface area contributed by atoms with E-state index in [0.29, 0.717) is 11.1 Å². The second kappa shape index (κ2) is 6.97. The Hall–Kier alpha value is -0.600. The average Bonchev–Trinajstić information content (AvgIpc) is 2.84. The van der Waals surface area contributed by atoms with Gasteiger partial charge in [0, 0.05) is 11.8 Å². The van der Waals surface area contributed by atoms with Crippen LogP contribution in [0.5, 0.6) is 0 Å². The van der Waals surface area contributed by atoms with Crippen molar-refractivity contribution >= 4 is 11.6 Å². The molecule has 1 aliphatic carbocycles. The van der Waals surface area contributed by atoms with Crippen molar-refractivity contribution in [3.63, 3.8) is 0 Å². The Balaban J connectivity index is 0.000000686.